The van der Waals surface area contributed by atoms with Gasteiger partial charge < -0.3 is 5.32 Å². The predicted molar refractivity (Wildman–Crippen MR) is 47.1 cm³/mol. The van der Waals surface area contributed by atoms with Crippen molar-refractivity contribution in [2.24, 2.45) is 5.92 Å². The summed E-state index contributed by atoms with van der Waals surface area (Å²) in [5.74, 6) is 0.736. The zero-order valence-corrected chi connectivity index (χ0v) is 7.72. The van der Waals surface area contributed by atoms with Crippen molar-refractivity contribution in [2.45, 2.75) is 39.7 Å². The zero-order valence-electron chi connectivity index (χ0n) is 7.72. The number of hydrogen-bond acceptors (Lipinski definition) is 2. The van der Waals surface area contributed by atoms with Crippen LogP contribution in [0.25, 0.3) is 0 Å². The van der Waals surface area contributed by atoms with E-state index < -0.39 is 0 Å². The summed E-state index contributed by atoms with van der Waals surface area (Å²) < 4.78 is 0. The molecular weight excluding hydrogens is 136 g/mol. The molecule has 0 aromatic carbocycles. The Hall–Kier alpha value is -0.550. The first-order chi connectivity index (χ1) is 5.16. The van der Waals surface area contributed by atoms with Gasteiger partial charge in [-0.25, -0.2) is 0 Å². The van der Waals surface area contributed by atoms with E-state index in [1.807, 2.05) is 0 Å². The van der Waals surface area contributed by atoms with E-state index >= 15 is 0 Å². The molecule has 0 rings (SSSR count). The first-order valence-electron chi connectivity index (χ1n) is 4.27. The van der Waals surface area contributed by atoms with Gasteiger partial charge in [-0.15, -0.1) is 0 Å². The summed E-state index contributed by atoms with van der Waals surface area (Å²) in [4.78, 5) is 0. The maximum absolute atomic E-state index is 8.27. The molecule has 2 heteroatoms. The smallest absolute Gasteiger partial charge is 0.0635 e. The number of nitriles is 1. The number of hydrogen-bond donors (Lipinski definition) is 1. The van der Waals surface area contributed by atoms with Gasteiger partial charge in [-0.2, -0.15) is 5.26 Å². The van der Waals surface area contributed by atoms with Crippen LogP contribution in [0.15, 0.2) is 0 Å². The second-order valence-corrected chi connectivity index (χ2v) is 3.39. The van der Waals surface area contributed by atoms with Gasteiger partial charge in [-0.05, 0) is 19.3 Å². The quantitative estimate of drug-likeness (QED) is 0.614. The van der Waals surface area contributed by atoms with Crippen LogP contribution in [0.4, 0.5) is 0 Å². The first kappa shape index (κ1) is 10.4. The molecule has 0 aromatic heterocycles. The highest BCUT2D eigenvalue weighted by atomic mass is 14.9. The Bertz CT molecular complexity index is 124. The first-order valence-corrected chi connectivity index (χ1v) is 4.27. The van der Waals surface area contributed by atoms with Gasteiger partial charge in [0.15, 0.2) is 0 Å². The van der Waals surface area contributed by atoms with Gasteiger partial charge in [0.1, 0.15) is 0 Å². The molecule has 0 saturated heterocycles. The molecular formula is C9H18N2. The van der Waals surface area contributed by atoms with Crippen LogP contribution < -0.4 is 5.32 Å². The van der Waals surface area contributed by atoms with Crippen LogP contribution in [0, 0.1) is 17.2 Å². The normalized spacial score (nSPS) is 13.0. The van der Waals surface area contributed by atoms with Gasteiger partial charge >= 0.3 is 0 Å². The Morgan fingerprint density at radius 1 is 1.36 bits per heavy atom. The summed E-state index contributed by atoms with van der Waals surface area (Å²) in [6.45, 7) is 7.41. The van der Waals surface area contributed by atoms with E-state index in [0.29, 0.717) is 12.5 Å². The van der Waals surface area contributed by atoms with Crippen LogP contribution in [0.5, 0.6) is 0 Å². The van der Waals surface area contributed by atoms with Gasteiger partial charge in [0.2, 0.25) is 0 Å². The van der Waals surface area contributed by atoms with Gasteiger partial charge in [0, 0.05) is 19.0 Å². The molecule has 0 heterocycles. The van der Waals surface area contributed by atoms with Crippen molar-refractivity contribution >= 4 is 0 Å². The van der Waals surface area contributed by atoms with E-state index in [0.717, 1.165) is 12.5 Å². The van der Waals surface area contributed by atoms with Crippen LogP contribution in [0.1, 0.15) is 33.6 Å². The molecule has 2 nitrogen and oxygen atoms in total. The molecule has 64 valence electrons. The minimum absolute atomic E-state index is 0.545. The summed E-state index contributed by atoms with van der Waals surface area (Å²) >= 11 is 0. The molecule has 1 unspecified atom stereocenters. The maximum atomic E-state index is 8.27. The minimum atomic E-state index is 0.545. The average molecular weight is 154 g/mol. The van der Waals surface area contributed by atoms with E-state index in [1.165, 1.54) is 6.42 Å². The number of nitrogens with zero attached hydrogens (tertiary/aromatic N) is 1. The number of rotatable bonds is 5. The fraction of sp³-hybridized carbons (Fsp3) is 0.889. The number of nitrogens with one attached hydrogen (secondary N) is 1. The molecule has 0 aliphatic rings. The lowest BCUT2D eigenvalue weighted by atomic mass is 10.1. The molecule has 1 atom stereocenters. The average Bonchev–Trinajstić information content (AvgIpc) is 1.86. The molecule has 0 fully saturated rings. The van der Waals surface area contributed by atoms with E-state index in [-0.39, 0.29) is 0 Å². The minimum Gasteiger partial charge on any atom is -0.313 e. The Morgan fingerprint density at radius 3 is 2.45 bits per heavy atom. The summed E-state index contributed by atoms with van der Waals surface area (Å²) in [7, 11) is 0. The van der Waals surface area contributed by atoms with Gasteiger partial charge in [0.05, 0.1) is 6.07 Å². The topological polar surface area (TPSA) is 35.8 Å². The van der Waals surface area contributed by atoms with Crippen molar-refractivity contribution < 1.29 is 0 Å². The SMILES string of the molecule is CC(C)CC(C)NCCC#N. The Labute approximate surface area is 69.6 Å². The molecule has 0 aromatic rings. The van der Waals surface area contributed by atoms with Crippen molar-refractivity contribution in [1.29, 1.82) is 5.26 Å². The molecule has 0 spiro atoms. The monoisotopic (exact) mass is 154 g/mol. The largest absolute Gasteiger partial charge is 0.313 e. The molecule has 0 bridgehead atoms. The van der Waals surface area contributed by atoms with E-state index in [2.05, 4.69) is 32.2 Å². The van der Waals surface area contributed by atoms with Crippen LogP contribution in [0.3, 0.4) is 0 Å². The van der Waals surface area contributed by atoms with Gasteiger partial charge in [-0.3, -0.25) is 0 Å². The molecule has 0 aliphatic heterocycles. The summed E-state index contributed by atoms with van der Waals surface area (Å²) in [5, 5.41) is 11.6. The standard InChI is InChI=1S/C9H18N2/c1-8(2)7-9(3)11-6-4-5-10/h8-9,11H,4,6-7H2,1-3H3. The zero-order chi connectivity index (χ0) is 8.69. The van der Waals surface area contributed by atoms with Crippen LogP contribution in [-0.4, -0.2) is 12.6 Å². The molecule has 0 radical (unpaired) electrons. The highest BCUT2D eigenvalue weighted by Crippen LogP contribution is 2.03. The third-order valence-corrected chi connectivity index (χ3v) is 1.55. The summed E-state index contributed by atoms with van der Waals surface area (Å²) in [6.07, 6.45) is 1.80. The second kappa shape index (κ2) is 6.18. The molecule has 11 heavy (non-hydrogen) atoms. The summed E-state index contributed by atoms with van der Waals surface area (Å²) in [5.41, 5.74) is 0. The Morgan fingerprint density at radius 2 is 2.00 bits per heavy atom. The fourth-order valence-corrected chi connectivity index (χ4v) is 1.16. The van der Waals surface area contributed by atoms with Crippen molar-refractivity contribution in [3.63, 3.8) is 0 Å². The van der Waals surface area contributed by atoms with E-state index in [4.69, 9.17) is 5.26 Å². The molecule has 1 N–H and O–H groups in total. The molecule has 0 aliphatic carbocycles. The van der Waals surface area contributed by atoms with Crippen molar-refractivity contribution in [3.05, 3.63) is 0 Å². The highest BCUT2D eigenvalue weighted by Gasteiger charge is 2.02. The van der Waals surface area contributed by atoms with Crippen LogP contribution >= 0.6 is 0 Å². The van der Waals surface area contributed by atoms with Gasteiger partial charge in [0.25, 0.3) is 0 Å². The fourth-order valence-electron chi connectivity index (χ4n) is 1.16. The predicted octanol–water partition coefficient (Wildman–Crippen LogP) is 1.92. The summed E-state index contributed by atoms with van der Waals surface area (Å²) in [6, 6.07) is 2.66. The van der Waals surface area contributed by atoms with E-state index in [1.54, 1.807) is 0 Å². The van der Waals surface area contributed by atoms with Crippen molar-refractivity contribution in [1.82, 2.24) is 5.32 Å². The maximum Gasteiger partial charge on any atom is 0.0635 e. The van der Waals surface area contributed by atoms with Crippen LogP contribution in [0.2, 0.25) is 0 Å². The van der Waals surface area contributed by atoms with Crippen LogP contribution in [-0.2, 0) is 0 Å². The van der Waals surface area contributed by atoms with E-state index in [9.17, 15) is 0 Å². The van der Waals surface area contributed by atoms with Gasteiger partial charge in [-0.1, -0.05) is 13.8 Å². The van der Waals surface area contributed by atoms with Crippen molar-refractivity contribution in [3.8, 4) is 6.07 Å². The highest BCUT2D eigenvalue weighted by molar-refractivity contribution is 4.72. The second-order valence-electron chi connectivity index (χ2n) is 3.39. The third-order valence-electron chi connectivity index (χ3n) is 1.55. The Kier molecular flexibility index (Phi) is 5.87. The lowest BCUT2D eigenvalue weighted by Gasteiger charge is -2.14. The lowest BCUT2D eigenvalue weighted by Crippen LogP contribution is -2.28. The lowest BCUT2D eigenvalue weighted by molar-refractivity contribution is 0.446. The Balaban J connectivity index is 3.24. The molecule has 0 amide bonds. The van der Waals surface area contributed by atoms with Crippen molar-refractivity contribution in [2.75, 3.05) is 6.54 Å². The third kappa shape index (κ3) is 7.35. The molecule has 0 saturated carbocycles.